The number of aryl methyl sites for hydroxylation is 1. The number of nitrogens with zero attached hydrogens (tertiary/aromatic N) is 1. The zero-order valence-electron chi connectivity index (χ0n) is 16.6. The molecule has 2 aromatic carbocycles. The van der Waals surface area contributed by atoms with Crippen LogP contribution in [0, 0.1) is 13.8 Å². The molecule has 2 aromatic rings. The van der Waals surface area contributed by atoms with Crippen LogP contribution in [0.5, 0.6) is 11.5 Å². The molecule has 0 aliphatic carbocycles. The summed E-state index contributed by atoms with van der Waals surface area (Å²) in [5, 5.41) is 2.69. The summed E-state index contributed by atoms with van der Waals surface area (Å²) in [6.07, 6.45) is 1.09. The van der Waals surface area contributed by atoms with Crippen molar-refractivity contribution >= 4 is 21.6 Å². The highest BCUT2D eigenvalue weighted by atomic mass is 32.2. The van der Waals surface area contributed by atoms with E-state index in [2.05, 4.69) is 5.32 Å². The van der Waals surface area contributed by atoms with E-state index in [1.165, 1.54) is 0 Å². The van der Waals surface area contributed by atoms with Crippen LogP contribution < -0.4 is 19.1 Å². The molecule has 1 amide bonds. The van der Waals surface area contributed by atoms with Crippen molar-refractivity contribution in [2.45, 2.75) is 13.8 Å². The monoisotopic (exact) mass is 406 g/mol. The van der Waals surface area contributed by atoms with Crippen LogP contribution in [0.2, 0.25) is 0 Å². The Kier molecular flexibility index (Phi) is 7.28. The average molecular weight is 407 g/mol. The van der Waals surface area contributed by atoms with E-state index in [0.717, 1.165) is 27.4 Å². The lowest BCUT2D eigenvalue weighted by Crippen LogP contribution is -2.41. The summed E-state index contributed by atoms with van der Waals surface area (Å²) in [7, 11) is -2.02. The van der Waals surface area contributed by atoms with E-state index in [1.54, 1.807) is 43.5 Å². The summed E-state index contributed by atoms with van der Waals surface area (Å²) < 4.78 is 36.2. The lowest BCUT2D eigenvalue weighted by molar-refractivity contribution is -0.119. The van der Waals surface area contributed by atoms with Gasteiger partial charge in [-0.25, -0.2) is 8.42 Å². The van der Waals surface area contributed by atoms with E-state index >= 15 is 0 Å². The Bertz CT molecular complexity index is 911. The molecule has 0 aromatic heterocycles. The Hall–Kier alpha value is -2.74. The first-order valence-electron chi connectivity index (χ1n) is 8.80. The number of sulfonamides is 1. The van der Waals surface area contributed by atoms with Crippen molar-refractivity contribution in [1.29, 1.82) is 0 Å². The Morgan fingerprint density at radius 3 is 2.32 bits per heavy atom. The molecule has 0 fully saturated rings. The Balaban J connectivity index is 1.92. The molecule has 28 heavy (non-hydrogen) atoms. The second kappa shape index (κ2) is 9.45. The summed E-state index contributed by atoms with van der Waals surface area (Å²) in [4.78, 5) is 12.3. The number of hydrogen-bond donors (Lipinski definition) is 1. The van der Waals surface area contributed by atoms with Gasteiger partial charge in [-0.3, -0.25) is 9.10 Å². The SMILES string of the molecule is COc1ccc(OCCNC(=O)CN(c2cccc(C)c2C)S(C)(=O)=O)cc1. The molecule has 2 rings (SSSR count). The molecule has 7 nitrogen and oxygen atoms in total. The van der Waals surface area contributed by atoms with E-state index in [4.69, 9.17) is 9.47 Å². The van der Waals surface area contributed by atoms with Gasteiger partial charge in [0.1, 0.15) is 24.7 Å². The molecular formula is C20H26N2O5S. The predicted octanol–water partition coefficient (Wildman–Crippen LogP) is 2.27. The molecule has 0 atom stereocenters. The number of hydrogen-bond acceptors (Lipinski definition) is 5. The Morgan fingerprint density at radius 1 is 1.07 bits per heavy atom. The van der Waals surface area contributed by atoms with Gasteiger partial charge in [0.05, 0.1) is 25.6 Å². The molecular weight excluding hydrogens is 380 g/mol. The average Bonchev–Trinajstić information content (AvgIpc) is 2.65. The van der Waals surface area contributed by atoms with Gasteiger partial charge in [0.2, 0.25) is 15.9 Å². The van der Waals surface area contributed by atoms with Gasteiger partial charge in [0.25, 0.3) is 0 Å². The number of benzene rings is 2. The fourth-order valence-electron chi connectivity index (χ4n) is 2.60. The van der Waals surface area contributed by atoms with Gasteiger partial charge in [-0.05, 0) is 55.3 Å². The van der Waals surface area contributed by atoms with E-state index in [1.807, 2.05) is 19.9 Å². The molecule has 0 bridgehead atoms. The minimum absolute atomic E-state index is 0.259. The van der Waals surface area contributed by atoms with Crippen molar-refractivity contribution in [3.05, 3.63) is 53.6 Å². The number of methoxy groups -OCH3 is 1. The van der Waals surface area contributed by atoms with Crippen molar-refractivity contribution < 1.29 is 22.7 Å². The second-order valence-electron chi connectivity index (χ2n) is 6.36. The van der Waals surface area contributed by atoms with Gasteiger partial charge < -0.3 is 14.8 Å². The van der Waals surface area contributed by atoms with Crippen molar-refractivity contribution in [1.82, 2.24) is 5.32 Å². The summed E-state index contributed by atoms with van der Waals surface area (Å²) >= 11 is 0. The van der Waals surface area contributed by atoms with Crippen LogP contribution in [0.3, 0.4) is 0 Å². The largest absolute Gasteiger partial charge is 0.497 e. The zero-order chi connectivity index (χ0) is 20.7. The standard InChI is InChI=1S/C20H26N2O5S/c1-15-6-5-7-19(16(15)2)22(28(4,24)25)14-20(23)21-12-13-27-18-10-8-17(26-3)9-11-18/h5-11H,12-14H2,1-4H3,(H,21,23). The maximum absolute atomic E-state index is 12.3. The Morgan fingerprint density at radius 2 is 1.71 bits per heavy atom. The molecule has 0 spiro atoms. The molecule has 0 saturated carbocycles. The lowest BCUT2D eigenvalue weighted by Gasteiger charge is -2.24. The molecule has 0 radical (unpaired) electrons. The minimum atomic E-state index is -3.60. The van der Waals surface area contributed by atoms with Gasteiger partial charge in [0, 0.05) is 0 Å². The number of amides is 1. The van der Waals surface area contributed by atoms with Gasteiger partial charge in [-0.15, -0.1) is 0 Å². The summed E-state index contributed by atoms with van der Waals surface area (Å²) in [6, 6.07) is 12.5. The molecule has 0 saturated heterocycles. The first kappa shape index (κ1) is 21.6. The van der Waals surface area contributed by atoms with Crippen molar-refractivity contribution in [2.24, 2.45) is 0 Å². The van der Waals surface area contributed by atoms with E-state index in [0.29, 0.717) is 11.4 Å². The van der Waals surface area contributed by atoms with Crippen LogP contribution >= 0.6 is 0 Å². The van der Waals surface area contributed by atoms with Crippen LogP contribution in [0.25, 0.3) is 0 Å². The number of rotatable bonds is 9. The van der Waals surface area contributed by atoms with E-state index < -0.39 is 15.9 Å². The van der Waals surface area contributed by atoms with Crippen LogP contribution in [-0.2, 0) is 14.8 Å². The van der Waals surface area contributed by atoms with E-state index in [-0.39, 0.29) is 19.7 Å². The van der Waals surface area contributed by atoms with E-state index in [9.17, 15) is 13.2 Å². The summed E-state index contributed by atoms with van der Waals surface area (Å²) in [5.74, 6) is 0.987. The highest BCUT2D eigenvalue weighted by Crippen LogP contribution is 2.24. The zero-order valence-corrected chi connectivity index (χ0v) is 17.4. The maximum atomic E-state index is 12.3. The van der Waals surface area contributed by atoms with Crippen LogP contribution in [-0.4, -0.2) is 47.4 Å². The smallest absolute Gasteiger partial charge is 0.240 e. The number of nitrogens with one attached hydrogen (secondary N) is 1. The van der Waals surface area contributed by atoms with Crippen molar-refractivity contribution in [2.75, 3.05) is 37.4 Å². The minimum Gasteiger partial charge on any atom is -0.497 e. The highest BCUT2D eigenvalue weighted by molar-refractivity contribution is 7.92. The molecule has 0 aliphatic rings. The van der Waals surface area contributed by atoms with Gasteiger partial charge >= 0.3 is 0 Å². The lowest BCUT2D eigenvalue weighted by atomic mass is 10.1. The number of carbonyl (C=O) groups is 1. The predicted molar refractivity (Wildman–Crippen MR) is 110 cm³/mol. The molecule has 1 N–H and O–H groups in total. The van der Waals surface area contributed by atoms with Crippen LogP contribution in [0.1, 0.15) is 11.1 Å². The molecule has 152 valence electrons. The fourth-order valence-corrected chi connectivity index (χ4v) is 3.51. The third-order valence-corrected chi connectivity index (χ3v) is 5.41. The summed E-state index contributed by atoms with van der Waals surface area (Å²) in [5.41, 5.74) is 2.29. The summed E-state index contributed by atoms with van der Waals surface area (Å²) in [6.45, 7) is 3.97. The molecule has 0 unspecified atom stereocenters. The first-order chi connectivity index (χ1) is 13.2. The number of ether oxygens (including phenoxy) is 2. The van der Waals surface area contributed by atoms with Gasteiger partial charge in [-0.2, -0.15) is 0 Å². The Labute approximate surface area is 166 Å². The second-order valence-corrected chi connectivity index (χ2v) is 8.27. The normalized spacial score (nSPS) is 11.0. The number of carbonyl (C=O) groups excluding carboxylic acids is 1. The molecule has 0 heterocycles. The van der Waals surface area contributed by atoms with Crippen LogP contribution in [0.4, 0.5) is 5.69 Å². The highest BCUT2D eigenvalue weighted by Gasteiger charge is 2.22. The van der Waals surface area contributed by atoms with Gasteiger partial charge in [0.15, 0.2) is 0 Å². The molecule has 0 aliphatic heterocycles. The maximum Gasteiger partial charge on any atom is 0.240 e. The third-order valence-electron chi connectivity index (χ3n) is 4.28. The molecule has 8 heteroatoms. The first-order valence-corrected chi connectivity index (χ1v) is 10.6. The fraction of sp³-hybridized carbons (Fsp3) is 0.350. The van der Waals surface area contributed by atoms with Gasteiger partial charge in [-0.1, -0.05) is 12.1 Å². The third kappa shape index (κ3) is 5.88. The topological polar surface area (TPSA) is 84.9 Å². The quantitative estimate of drug-likeness (QED) is 0.646. The van der Waals surface area contributed by atoms with Crippen molar-refractivity contribution in [3.8, 4) is 11.5 Å². The van der Waals surface area contributed by atoms with Crippen LogP contribution in [0.15, 0.2) is 42.5 Å². The van der Waals surface area contributed by atoms with Crippen molar-refractivity contribution in [3.63, 3.8) is 0 Å². The number of anilines is 1.